The van der Waals surface area contributed by atoms with Crippen LogP contribution in [0.15, 0.2) is 35.5 Å². The van der Waals surface area contributed by atoms with Gasteiger partial charge in [0.05, 0.1) is 31.9 Å². The van der Waals surface area contributed by atoms with Crippen molar-refractivity contribution in [3.05, 3.63) is 51.6 Å². The molecular weight excluding hydrogens is 422 g/mol. The van der Waals surface area contributed by atoms with Gasteiger partial charge in [-0.25, -0.2) is 4.90 Å². The van der Waals surface area contributed by atoms with Crippen LogP contribution in [0.3, 0.4) is 0 Å². The van der Waals surface area contributed by atoms with E-state index in [4.69, 9.17) is 19.0 Å². The van der Waals surface area contributed by atoms with Crippen LogP contribution in [0, 0.1) is 23.0 Å². The first-order valence-electron chi connectivity index (χ1n) is 9.49. The number of hydrogen-bond acceptors (Lipinski definition) is 9. The van der Waals surface area contributed by atoms with Gasteiger partial charge in [0.2, 0.25) is 12.0 Å². The molecule has 0 aromatic heterocycles. The number of carbonyl (C=O) groups is 2. The van der Waals surface area contributed by atoms with Crippen molar-refractivity contribution in [2.45, 2.75) is 13.0 Å². The van der Waals surface area contributed by atoms with Gasteiger partial charge in [-0.3, -0.25) is 19.7 Å². The summed E-state index contributed by atoms with van der Waals surface area (Å²) in [7, 11) is 4.20. The zero-order valence-electron chi connectivity index (χ0n) is 17.6. The van der Waals surface area contributed by atoms with Gasteiger partial charge in [-0.2, -0.15) is 0 Å². The smallest absolute Gasteiger partial charge is 0.311 e. The fraction of sp³-hybridized carbons (Fsp3) is 0.286. The number of nitro benzene ring substituents is 1. The third-order valence-corrected chi connectivity index (χ3v) is 5.43. The summed E-state index contributed by atoms with van der Waals surface area (Å²) < 4.78 is 15.8. The van der Waals surface area contributed by atoms with Gasteiger partial charge in [0.15, 0.2) is 17.2 Å². The van der Waals surface area contributed by atoms with Gasteiger partial charge < -0.3 is 19.0 Å². The molecule has 0 unspecified atom stereocenters. The number of benzene rings is 2. The Kier molecular flexibility index (Phi) is 5.17. The minimum atomic E-state index is -1.16. The fourth-order valence-electron chi connectivity index (χ4n) is 3.94. The summed E-state index contributed by atoms with van der Waals surface area (Å²) in [4.78, 5) is 43.5. The van der Waals surface area contributed by atoms with Crippen LogP contribution in [-0.4, -0.2) is 49.9 Å². The van der Waals surface area contributed by atoms with E-state index in [1.165, 1.54) is 33.5 Å². The highest BCUT2D eigenvalue weighted by Crippen LogP contribution is 2.42. The van der Waals surface area contributed by atoms with Crippen molar-refractivity contribution in [1.29, 1.82) is 0 Å². The Morgan fingerprint density at radius 2 is 1.78 bits per heavy atom. The molecule has 32 heavy (non-hydrogen) atoms. The molecule has 11 nitrogen and oxygen atoms in total. The number of imide groups is 1. The average Bonchev–Trinajstić information content (AvgIpc) is 3.33. The highest BCUT2D eigenvalue weighted by atomic mass is 16.7. The normalized spacial score (nSPS) is 19.4. The second-order valence-corrected chi connectivity index (χ2v) is 7.10. The first kappa shape index (κ1) is 21.1. The monoisotopic (exact) mass is 441 g/mol. The van der Waals surface area contributed by atoms with Crippen LogP contribution in [0.2, 0.25) is 0 Å². The van der Waals surface area contributed by atoms with Crippen LogP contribution in [0.1, 0.15) is 11.1 Å². The summed E-state index contributed by atoms with van der Waals surface area (Å²) in [5.74, 6) is -1.49. The van der Waals surface area contributed by atoms with Crippen molar-refractivity contribution < 1.29 is 33.6 Å². The lowest BCUT2D eigenvalue weighted by Crippen LogP contribution is -2.33. The second-order valence-electron chi connectivity index (χ2n) is 7.10. The lowest BCUT2D eigenvalue weighted by molar-refractivity contribution is -0.385. The molecule has 2 aromatic carbocycles. The van der Waals surface area contributed by atoms with E-state index in [9.17, 15) is 19.7 Å². The molecule has 0 aliphatic carbocycles. The molecule has 1 fully saturated rings. The predicted molar refractivity (Wildman–Crippen MR) is 111 cm³/mol. The maximum absolute atomic E-state index is 13.4. The molecule has 0 bridgehead atoms. The predicted octanol–water partition coefficient (Wildman–Crippen LogP) is 2.22. The highest BCUT2D eigenvalue weighted by Gasteiger charge is 2.57. The molecule has 166 valence electrons. The Bertz CT molecular complexity index is 1180. The van der Waals surface area contributed by atoms with Crippen molar-refractivity contribution >= 4 is 28.9 Å². The third-order valence-electron chi connectivity index (χ3n) is 5.43. The number of anilines is 1. The maximum Gasteiger partial charge on any atom is 0.311 e. The summed E-state index contributed by atoms with van der Waals surface area (Å²) in [6.45, 7) is 1.57. The standard InChI is InChI=1S/C21H19N3O8/c1-10-8-13(24(27)28)15(30-3)9-12(10)23-20(25)16-17(22-32-19(16)21(23)26)11-6-5-7-14(29-2)18(11)31-4/h5-9,16,19H,1-4H3/t16-,19-/m0/s1. The third kappa shape index (κ3) is 3.01. The number of hydrogen-bond donors (Lipinski definition) is 0. The number of ether oxygens (including phenoxy) is 3. The molecule has 0 N–H and O–H groups in total. The van der Waals surface area contributed by atoms with Crippen molar-refractivity contribution in [3.63, 3.8) is 0 Å². The Labute approximate surface area is 182 Å². The number of carbonyl (C=O) groups excluding carboxylic acids is 2. The van der Waals surface area contributed by atoms with E-state index in [2.05, 4.69) is 5.16 Å². The molecule has 2 aliphatic rings. The van der Waals surface area contributed by atoms with E-state index in [0.717, 1.165) is 4.90 Å². The molecule has 2 atom stereocenters. The lowest BCUT2D eigenvalue weighted by Gasteiger charge is -2.19. The Balaban J connectivity index is 1.77. The molecule has 0 spiro atoms. The van der Waals surface area contributed by atoms with E-state index in [-0.39, 0.29) is 22.8 Å². The lowest BCUT2D eigenvalue weighted by atomic mass is 9.93. The molecule has 1 saturated heterocycles. The maximum atomic E-state index is 13.4. The van der Waals surface area contributed by atoms with Gasteiger partial charge in [-0.1, -0.05) is 11.2 Å². The molecule has 0 saturated carbocycles. The number of amides is 2. The number of methoxy groups -OCH3 is 3. The van der Waals surface area contributed by atoms with Gasteiger partial charge >= 0.3 is 5.69 Å². The zero-order valence-corrected chi connectivity index (χ0v) is 17.6. The molecule has 2 amide bonds. The molecular formula is C21H19N3O8. The van der Waals surface area contributed by atoms with Gasteiger partial charge in [0.1, 0.15) is 11.6 Å². The number of fused-ring (bicyclic) bond motifs is 1. The summed E-state index contributed by atoms with van der Waals surface area (Å²) in [6.07, 6.45) is -1.16. The summed E-state index contributed by atoms with van der Waals surface area (Å²) in [5, 5.41) is 15.3. The molecule has 2 aliphatic heterocycles. The number of rotatable bonds is 6. The van der Waals surface area contributed by atoms with E-state index in [0.29, 0.717) is 22.6 Å². The van der Waals surface area contributed by atoms with E-state index >= 15 is 0 Å². The van der Waals surface area contributed by atoms with Crippen molar-refractivity contribution in [3.8, 4) is 17.2 Å². The molecule has 2 heterocycles. The van der Waals surface area contributed by atoms with Crippen LogP contribution < -0.4 is 19.1 Å². The number of nitrogens with zero attached hydrogens (tertiary/aromatic N) is 3. The molecule has 4 rings (SSSR count). The first-order chi connectivity index (χ1) is 15.3. The molecule has 2 aromatic rings. The molecule has 0 radical (unpaired) electrons. The van der Waals surface area contributed by atoms with E-state index < -0.39 is 28.8 Å². The second kappa shape index (κ2) is 7.84. The minimum absolute atomic E-state index is 0.0717. The van der Waals surface area contributed by atoms with Crippen LogP contribution in [0.4, 0.5) is 11.4 Å². The van der Waals surface area contributed by atoms with Crippen LogP contribution >= 0.6 is 0 Å². The topological polar surface area (TPSA) is 130 Å². The van der Waals surface area contributed by atoms with E-state index in [1.54, 1.807) is 25.1 Å². The SMILES string of the molecule is COc1cc(N2C(=O)[C@H]3C(c4cccc(OC)c4OC)=NO[C@@H]3C2=O)c(C)cc1[N+](=O)[O-]. The number of aryl methyl sites for hydroxylation is 1. The Morgan fingerprint density at radius 3 is 2.41 bits per heavy atom. The van der Waals surface area contributed by atoms with E-state index in [1.807, 2.05) is 0 Å². The fourth-order valence-corrected chi connectivity index (χ4v) is 3.94. The van der Waals surface area contributed by atoms with Crippen LogP contribution in [-0.2, 0) is 14.4 Å². The van der Waals surface area contributed by atoms with Crippen molar-refractivity contribution in [2.75, 3.05) is 26.2 Å². The number of para-hydroxylation sites is 1. The quantitative estimate of drug-likeness (QED) is 0.379. The molecule has 11 heteroatoms. The van der Waals surface area contributed by atoms with Gasteiger partial charge in [0, 0.05) is 17.7 Å². The van der Waals surface area contributed by atoms with Crippen molar-refractivity contribution in [2.24, 2.45) is 11.1 Å². The van der Waals surface area contributed by atoms with Crippen LogP contribution in [0.5, 0.6) is 17.2 Å². The van der Waals surface area contributed by atoms with Gasteiger partial charge in [-0.05, 0) is 24.6 Å². The zero-order chi connectivity index (χ0) is 23.2. The van der Waals surface area contributed by atoms with Gasteiger partial charge in [-0.15, -0.1) is 0 Å². The summed E-state index contributed by atoms with van der Waals surface area (Å²) in [6, 6.07) is 7.64. The highest BCUT2D eigenvalue weighted by molar-refractivity contribution is 6.33. The first-order valence-corrected chi connectivity index (χ1v) is 9.49. The Hall–Kier alpha value is -4.15. The van der Waals surface area contributed by atoms with Gasteiger partial charge in [0.25, 0.3) is 5.91 Å². The Morgan fingerprint density at radius 1 is 1.06 bits per heavy atom. The number of nitro groups is 1. The largest absolute Gasteiger partial charge is 0.493 e. The summed E-state index contributed by atoms with van der Waals surface area (Å²) >= 11 is 0. The summed E-state index contributed by atoms with van der Waals surface area (Å²) in [5.41, 5.74) is 0.958. The number of oxime groups is 1. The minimum Gasteiger partial charge on any atom is -0.493 e. The van der Waals surface area contributed by atoms with Crippen LogP contribution in [0.25, 0.3) is 0 Å². The van der Waals surface area contributed by atoms with Crippen molar-refractivity contribution in [1.82, 2.24) is 0 Å². The average molecular weight is 441 g/mol.